The Morgan fingerprint density at radius 2 is 1.56 bits per heavy atom. The fourth-order valence-electron chi connectivity index (χ4n) is 6.63. The fourth-order valence-corrected chi connectivity index (χ4v) is 7.61. The van der Waals surface area contributed by atoms with E-state index in [4.69, 9.17) is 0 Å². The summed E-state index contributed by atoms with van der Waals surface area (Å²) in [5, 5.41) is 0. The molecule has 0 radical (unpaired) electrons. The summed E-state index contributed by atoms with van der Waals surface area (Å²) in [6, 6.07) is 5.50. The van der Waals surface area contributed by atoms with Gasteiger partial charge in [-0.25, -0.2) is 13.2 Å². The maximum Gasteiger partial charge on any atom is 0.167 e. The van der Waals surface area contributed by atoms with Gasteiger partial charge in [0.1, 0.15) is 11.6 Å². The average molecular weight is 556 g/mol. The van der Waals surface area contributed by atoms with Crippen molar-refractivity contribution in [3.63, 3.8) is 0 Å². The molecule has 0 spiro atoms. The van der Waals surface area contributed by atoms with E-state index in [-0.39, 0.29) is 15.8 Å². The maximum absolute atomic E-state index is 15.2. The van der Waals surface area contributed by atoms with Crippen molar-refractivity contribution in [2.75, 3.05) is 0 Å². The lowest BCUT2D eigenvalue weighted by Crippen LogP contribution is -2.26. The minimum Gasteiger partial charge on any atom is -0.209 e. The van der Waals surface area contributed by atoms with Gasteiger partial charge in [0, 0.05) is 15.4 Å². The van der Waals surface area contributed by atoms with Crippen molar-refractivity contribution in [1.82, 2.24) is 0 Å². The molecule has 32 heavy (non-hydrogen) atoms. The number of halogens is 4. The van der Waals surface area contributed by atoms with Gasteiger partial charge in [-0.1, -0.05) is 57.7 Å². The molecule has 0 amide bonds. The standard InChI is InChI=1S/C28H36F3I/c1-3-4-18-5-7-19(8-6-18)20-9-11-21(12-10-20)22-13-14-23(24(29)15-22)28(2)16-25(30)27(31)26(32)17-28/h13-15,17-21H,3-12,16H2,1-2H3/t18?,19?,20?,21?,28-/m1/s1. The summed E-state index contributed by atoms with van der Waals surface area (Å²) in [5.74, 6) is 1.22. The predicted molar refractivity (Wildman–Crippen MR) is 135 cm³/mol. The van der Waals surface area contributed by atoms with Crippen LogP contribution in [-0.4, -0.2) is 0 Å². The quantitative estimate of drug-likeness (QED) is 0.317. The number of hydrogen-bond donors (Lipinski definition) is 0. The first-order valence-corrected chi connectivity index (χ1v) is 13.6. The van der Waals surface area contributed by atoms with Gasteiger partial charge < -0.3 is 0 Å². The summed E-state index contributed by atoms with van der Waals surface area (Å²) < 4.78 is 43.3. The van der Waals surface area contributed by atoms with Crippen molar-refractivity contribution in [2.45, 2.75) is 95.8 Å². The van der Waals surface area contributed by atoms with Crippen LogP contribution in [0.3, 0.4) is 0 Å². The average Bonchev–Trinajstić information content (AvgIpc) is 2.78. The number of rotatable bonds is 5. The second-order valence-corrected chi connectivity index (χ2v) is 11.9. The molecule has 4 rings (SSSR count). The highest BCUT2D eigenvalue weighted by atomic mass is 127. The van der Waals surface area contributed by atoms with Gasteiger partial charge >= 0.3 is 0 Å². The molecule has 0 bridgehead atoms. The Hall–Kier alpha value is -0.780. The Bertz CT molecular complexity index is 873. The summed E-state index contributed by atoms with van der Waals surface area (Å²) in [5.41, 5.74) is 0.666. The zero-order chi connectivity index (χ0) is 22.9. The molecular weight excluding hydrogens is 520 g/mol. The van der Waals surface area contributed by atoms with Crippen LogP contribution in [-0.2, 0) is 5.41 Å². The molecule has 1 aromatic rings. The van der Waals surface area contributed by atoms with Crippen LogP contribution in [0.2, 0.25) is 0 Å². The van der Waals surface area contributed by atoms with Crippen LogP contribution >= 0.6 is 22.6 Å². The smallest absolute Gasteiger partial charge is 0.167 e. The molecule has 4 heteroatoms. The van der Waals surface area contributed by atoms with Crippen LogP contribution in [0.4, 0.5) is 13.2 Å². The van der Waals surface area contributed by atoms with Gasteiger partial charge in [0.05, 0.1) is 0 Å². The fraction of sp³-hybridized carbons (Fsp3) is 0.643. The Balaban J connectivity index is 1.38. The molecule has 0 N–H and O–H groups in total. The van der Waals surface area contributed by atoms with E-state index in [0.717, 1.165) is 36.2 Å². The SMILES string of the molecule is CCCC1CCC(C2CCC(c3ccc([C@@]4(C)C=C(I)C(F)=C(F)C4)c(F)c3)CC2)CC1. The highest BCUT2D eigenvalue weighted by Crippen LogP contribution is 2.46. The van der Waals surface area contributed by atoms with E-state index < -0.39 is 17.1 Å². The molecule has 0 aromatic heterocycles. The molecule has 0 heterocycles. The molecule has 3 aliphatic carbocycles. The lowest BCUT2D eigenvalue weighted by atomic mass is 9.68. The first-order valence-electron chi connectivity index (χ1n) is 12.5. The van der Waals surface area contributed by atoms with E-state index in [1.165, 1.54) is 51.4 Å². The van der Waals surface area contributed by atoms with Crippen molar-refractivity contribution >= 4 is 22.6 Å². The summed E-state index contributed by atoms with van der Waals surface area (Å²) >= 11 is 1.79. The van der Waals surface area contributed by atoms with Crippen LogP contribution in [0.25, 0.3) is 0 Å². The largest absolute Gasteiger partial charge is 0.209 e. The molecule has 1 atom stereocenters. The molecule has 2 fully saturated rings. The minimum atomic E-state index is -0.854. The van der Waals surface area contributed by atoms with Gasteiger partial charge in [0.25, 0.3) is 0 Å². The monoisotopic (exact) mass is 556 g/mol. The number of benzene rings is 1. The topological polar surface area (TPSA) is 0 Å². The van der Waals surface area contributed by atoms with E-state index in [1.54, 1.807) is 41.7 Å². The summed E-state index contributed by atoms with van der Waals surface area (Å²) in [6.07, 6.45) is 14.6. The molecule has 3 aliphatic rings. The molecule has 176 valence electrons. The molecule has 0 unspecified atom stereocenters. The zero-order valence-electron chi connectivity index (χ0n) is 19.4. The lowest BCUT2D eigenvalue weighted by Gasteiger charge is -2.38. The van der Waals surface area contributed by atoms with Crippen molar-refractivity contribution in [3.8, 4) is 0 Å². The Morgan fingerprint density at radius 1 is 0.938 bits per heavy atom. The van der Waals surface area contributed by atoms with Gasteiger partial charge in [0.15, 0.2) is 5.83 Å². The van der Waals surface area contributed by atoms with E-state index in [9.17, 15) is 8.78 Å². The van der Waals surface area contributed by atoms with Crippen molar-refractivity contribution in [3.05, 3.63) is 56.5 Å². The van der Waals surface area contributed by atoms with E-state index in [0.29, 0.717) is 11.5 Å². The maximum atomic E-state index is 15.2. The highest BCUT2D eigenvalue weighted by molar-refractivity contribution is 14.1. The molecular formula is C28H36F3I. The summed E-state index contributed by atoms with van der Waals surface area (Å²) in [6.45, 7) is 4.08. The van der Waals surface area contributed by atoms with Crippen LogP contribution in [0.15, 0.2) is 39.5 Å². The van der Waals surface area contributed by atoms with Crippen LogP contribution in [0.1, 0.15) is 102 Å². The predicted octanol–water partition coefficient (Wildman–Crippen LogP) is 9.84. The van der Waals surface area contributed by atoms with Gasteiger partial charge in [-0.15, -0.1) is 0 Å². The Labute approximate surface area is 205 Å². The van der Waals surface area contributed by atoms with Gasteiger partial charge in [0.2, 0.25) is 0 Å². The van der Waals surface area contributed by atoms with Gasteiger partial charge in [-0.3, -0.25) is 0 Å². The van der Waals surface area contributed by atoms with Crippen LogP contribution in [0.5, 0.6) is 0 Å². The number of hydrogen-bond acceptors (Lipinski definition) is 0. The minimum absolute atomic E-state index is 0.132. The Morgan fingerprint density at radius 3 is 2.12 bits per heavy atom. The van der Waals surface area contributed by atoms with E-state index in [1.807, 2.05) is 12.1 Å². The van der Waals surface area contributed by atoms with Crippen LogP contribution in [0, 0.1) is 23.6 Å². The molecule has 2 saturated carbocycles. The van der Waals surface area contributed by atoms with Crippen molar-refractivity contribution < 1.29 is 13.2 Å². The van der Waals surface area contributed by atoms with E-state index >= 15 is 4.39 Å². The molecule has 0 nitrogen and oxygen atoms in total. The van der Waals surface area contributed by atoms with E-state index in [2.05, 4.69) is 6.92 Å². The second-order valence-electron chi connectivity index (χ2n) is 10.7. The molecule has 0 aliphatic heterocycles. The van der Waals surface area contributed by atoms with Crippen molar-refractivity contribution in [1.29, 1.82) is 0 Å². The third-order valence-corrected chi connectivity index (χ3v) is 9.31. The summed E-state index contributed by atoms with van der Waals surface area (Å²) in [4.78, 5) is 0. The van der Waals surface area contributed by atoms with Gasteiger partial charge in [-0.2, -0.15) is 0 Å². The number of allylic oxidation sites excluding steroid dienone is 4. The third kappa shape index (κ3) is 5.15. The summed E-state index contributed by atoms with van der Waals surface area (Å²) in [7, 11) is 0. The zero-order valence-corrected chi connectivity index (χ0v) is 21.6. The third-order valence-electron chi connectivity index (χ3n) is 8.52. The highest BCUT2D eigenvalue weighted by Gasteiger charge is 2.36. The second kappa shape index (κ2) is 10.2. The normalized spacial score (nSPS) is 33.9. The van der Waals surface area contributed by atoms with Crippen molar-refractivity contribution in [2.24, 2.45) is 17.8 Å². The van der Waals surface area contributed by atoms with Gasteiger partial charge in [-0.05, 0) is 102 Å². The first-order chi connectivity index (χ1) is 15.3. The first kappa shape index (κ1) is 24.3. The molecule has 0 saturated heterocycles. The lowest BCUT2D eigenvalue weighted by molar-refractivity contribution is 0.156. The molecule has 1 aromatic carbocycles. The van der Waals surface area contributed by atoms with Crippen LogP contribution < -0.4 is 0 Å². The Kier molecular flexibility index (Phi) is 7.78.